The van der Waals surface area contributed by atoms with Crippen LogP contribution in [-0.2, 0) is 26.1 Å². The van der Waals surface area contributed by atoms with E-state index < -0.39 is 0 Å². The Morgan fingerprint density at radius 1 is 0.828 bits per heavy atom. The Hall–Kier alpha value is -3.31. The van der Waals surface area contributed by atoms with Crippen LogP contribution < -0.4 is 5.56 Å². The Kier molecular flexibility index (Phi) is 4.66. The monoisotopic (exact) mass is 382 g/mol. The quantitative estimate of drug-likeness (QED) is 0.543. The lowest BCUT2D eigenvalue weighted by atomic mass is 9.97. The van der Waals surface area contributed by atoms with Crippen LogP contribution in [0.15, 0.2) is 77.9 Å². The summed E-state index contributed by atoms with van der Waals surface area (Å²) in [5, 5.41) is 1.08. The van der Waals surface area contributed by atoms with Crippen molar-refractivity contribution in [3.8, 4) is 0 Å². The van der Waals surface area contributed by atoms with E-state index in [-0.39, 0.29) is 5.56 Å². The first-order chi connectivity index (χ1) is 14.3. The predicted octanol–water partition coefficient (Wildman–Crippen LogP) is 3.40. The molecule has 0 aliphatic carbocycles. The molecule has 5 heteroatoms. The Bertz CT molecular complexity index is 1200. The van der Waals surface area contributed by atoms with Gasteiger partial charge in [0.25, 0.3) is 5.56 Å². The maximum absolute atomic E-state index is 13.5. The lowest BCUT2D eigenvalue weighted by molar-refractivity contribution is 0.244. The topological polar surface area (TPSA) is 51.0 Å². The minimum absolute atomic E-state index is 0.0506. The molecule has 4 heterocycles. The summed E-state index contributed by atoms with van der Waals surface area (Å²) in [6.45, 7) is 2.88. The van der Waals surface area contributed by atoms with Crippen LogP contribution in [0.4, 0.5) is 0 Å². The van der Waals surface area contributed by atoms with Crippen LogP contribution in [0.25, 0.3) is 11.0 Å². The lowest BCUT2D eigenvalue weighted by Gasteiger charge is -2.29. The second kappa shape index (κ2) is 7.60. The average molecular weight is 382 g/mol. The number of pyridine rings is 3. The minimum atomic E-state index is 0.0506. The van der Waals surface area contributed by atoms with E-state index in [0.717, 1.165) is 47.4 Å². The molecule has 29 heavy (non-hydrogen) atoms. The van der Waals surface area contributed by atoms with E-state index >= 15 is 0 Å². The van der Waals surface area contributed by atoms with Gasteiger partial charge >= 0.3 is 0 Å². The zero-order valence-electron chi connectivity index (χ0n) is 16.2. The number of benzene rings is 1. The van der Waals surface area contributed by atoms with Crippen molar-refractivity contribution in [1.82, 2.24) is 19.4 Å². The molecule has 0 fully saturated rings. The number of rotatable bonds is 4. The molecule has 0 spiro atoms. The first-order valence-electron chi connectivity index (χ1n) is 9.95. The van der Waals surface area contributed by atoms with Gasteiger partial charge in [-0.2, -0.15) is 0 Å². The van der Waals surface area contributed by atoms with E-state index in [1.54, 1.807) is 17.0 Å². The molecule has 1 aliphatic rings. The van der Waals surface area contributed by atoms with E-state index in [1.807, 2.05) is 30.3 Å². The highest BCUT2D eigenvalue weighted by molar-refractivity contribution is 5.80. The van der Waals surface area contributed by atoms with Gasteiger partial charge in [-0.05, 0) is 41.8 Å². The van der Waals surface area contributed by atoms with Gasteiger partial charge < -0.3 is 0 Å². The number of nitrogens with zero attached hydrogens (tertiary/aromatic N) is 4. The van der Waals surface area contributed by atoms with Crippen molar-refractivity contribution < 1.29 is 0 Å². The Morgan fingerprint density at radius 3 is 2.48 bits per heavy atom. The third-order valence-corrected chi connectivity index (χ3v) is 5.59. The second-order valence-corrected chi connectivity index (χ2v) is 7.49. The van der Waals surface area contributed by atoms with Gasteiger partial charge in [-0.3, -0.25) is 19.2 Å². The largest absolute Gasteiger partial charge is 0.294 e. The van der Waals surface area contributed by atoms with Crippen LogP contribution in [0.5, 0.6) is 0 Å². The smallest absolute Gasteiger partial charge is 0.257 e. The molecule has 1 aliphatic heterocycles. The van der Waals surface area contributed by atoms with Crippen LogP contribution in [0.2, 0.25) is 0 Å². The SMILES string of the molecule is O=c1c2c(c3cccnc3n1Cc1ccccn1)CCN(Cc1ccccc1)C2. The number of hydrogen-bond donors (Lipinski definition) is 0. The molecule has 0 saturated heterocycles. The summed E-state index contributed by atoms with van der Waals surface area (Å²) in [5.41, 5.74) is 4.97. The maximum Gasteiger partial charge on any atom is 0.257 e. The molecule has 0 unspecified atom stereocenters. The first-order valence-corrected chi connectivity index (χ1v) is 9.95. The van der Waals surface area contributed by atoms with Gasteiger partial charge in [0.05, 0.1) is 12.2 Å². The lowest BCUT2D eigenvalue weighted by Crippen LogP contribution is -2.37. The predicted molar refractivity (Wildman–Crippen MR) is 114 cm³/mol. The van der Waals surface area contributed by atoms with Crippen molar-refractivity contribution in [3.05, 3.63) is 106 Å². The summed E-state index contributed by atoms with van der Waals surface area (Å²) in [4.78, 5) is 24.8. The molecule has 5 rings (SSSR count). The molecule has 0 radical (unpaired) electrons. The highest BCUT2D eigenvalue weighted by atomic mass is 16.1. The average Bonchev–Trinajstić information content (AvgIpc) is 2.78. The van der Waals surface area contributed by atoms with E-state index in [2.05, 4.69) is 45.2 Å². The minimum Gasteiger partial charge on any atom is -0.294 e. The number of aromatic nitrogens is 3. The Morgan fingerprint density at radius 2 is 1.66 bits per heavy atom. The first kappa shape index (κ1) is 17.8. The molecule has 3 aromatic heterocycles. The fourth-order valence-corrected chi connectivity index (χ4v) is 4.20. The third kappa shape index (κ3) is 3.45. The summed E-state index contributed by atoms with van der Waals surface area (Å²) in [6, 6.07) is 20.3. The van der Waals surface area contributed by atoms with E-state index in [1.165, 1.54) is 5.56 Å². The van der Waals surface area contributed by atoms with E-state index in [0.29, 0.717) is 13.1 Å². The van der Waals surface area contributed by atoms with Crippen molar-refractivity contribution in [3.63, 3.8) is 0 Å². The summed E-state index contributed by atoms with van der Waals surface area (Å²) >= 11 is 0. The Labute approximate surface area is 169 Å². The van der Waals surface area contributed by atoms with Gasteiger partial charge in [-0.25, -0.2) is 4.98 Å². The zero-order valence-corrected chi connectivity index (χ0v) is 16.2. The van der Waals surface area contributed by atoms with Crippen LogP contribution in [0, 0.1) is 0 Å². The van der Waals surface area contributed by atoms with Gasteiger partial charge in [0.2, 0.25) is 0 Å². The molecule has 0 bridgehead atoms. The van der Waals surface area contributed by atoms with Crippen LogP contribution in [0.3, 0.4) is 0 Å². The number of hydrogen-bond acceptors (Lipinski definition) is 4. The fraction of sp³-hybridized carbons (Fsp3) is 0.208. The van der Waals surface area contributed by atoms with Crippen molar-refractivity contribution in [2.24, 2.45) is 0 Å². The molecule has 0 N–H and O–H groups in total. The van der Waals surface area contributed by atoms with Gasteiger partial charge in [0.15, 0.2) is 0 Å². The van der Waals surface area contributed by atoms with Crippen LogP contribution >= 0.6 is 0 Å². The summed E-state index contributed by atoms with van der Waals surface area (Å²) in [6.07, 6.45) is 4.38. The molecule has 0 atom stereocenters. The molecule has 144 valence electrons. The van der Waals surface area contributed by atoms with Crippen molar-refractivity contribution in [2.75, 3.05) is 6.54 Å². The van der Waals surface area contributed by atoms with Gasteiger partial charge in [-0.15, -0.1) is 0 Å². The van der Waals surface area contributed by atoms with Crippen LogP contribution in [0.1, 0.15) is 22.4 Å². The molecule has 1 aromatic carbocycles. The van der Waals surface area contributed by atoms with Crippen molar-refractivity contribution >= 4 is 11.0 Å². The molecular formula is C24H22N4O. The van der Waals surface area contributed by atoms with Crippen molar-refractivity contribution in [2.45, 2.75) is 26.1 Å². The summed E-state index contributed by atoms with van der Waals surface area (Å²) < 4.78 is 1.78. The molecule has 0 saturated carbocycles. The van der Waals surface area contributed by atoms with E-state index in [9.17, 15) is 4.79 Å². The number of fused-ring (bicyclic) bond motifs is 3. The fourth-order valence-electron chi connectivity index (χ4n) is 4.20. The van der Waals surface area contributed by atoms with Gasteiger partial charge in [0.1, 0.15) is 5.65 Å². The maximum atomic E-state index is 13.5. The van der Waals surface area contributed by atoms with Crippen LogP contribution in [-0.4, -0.2) is 26.0 Å². The standard InChI is InChI=1S/C24H22N4O/c29-24-22-17-27(15-18-7-2-1-3-8-18)14-11-20(22)21-10-6-13-26-23(21)28(24)16-19-9-4-5-12-25-19/h1-10,12-13H,11,14-17H2. The normalized spacial score (nSPS) is 14.1. The molecule has 4 aromatic rings. The summed E-state index contributed by atoms with van der Waals surface area (Å²) in [7, 11) is 0. The second-order valence-electron chi connectivity index (χ2n) is 7.49. The Balaban J connectivity index is 1.57. The molecular weight excluding hydrogens is 360 g/mol. The molecule has 0 amide bonds. The van der Waals surface area contributed by atoms with Crippen molar-refractivity contribution in [1.29, 1.82) is 0 Å². The molecule has 5 nitrogen and oxygen atoms in total. The zero-order chi connectivity index (χ0) is 19.6. The third-order valence-electron chi connectivity index (χ3n) is 5.59. The van der Waals surface area contributed by atoms with Gasteiger partial charge in [0, 0.05) is 43.0 Å². The highest BCUT2D eigenvalue weighted by Crippen LogP contribution is 2.25. The summed E-state index contributed by atoms with van der Waals surface area (Å²) in [5.74, 6) is 0. The highest BCUT2D eigenvalue weighted by Gasteiger charge is 2.24. The van der Waals surface area contributed by atoms with Gasteiger partial charge in [-0.1, -0.05) is 36.4 Å². The van der Waals surface area contributed by atoms with E-state index in [4.69, 9.17) is 0 Å².